The number of nitrogens with zero attached hydrogens (tertiary/aromatic N) is 1. The van der Waals surface area contributed by atoms with Crippen molar-refractivity contribution < 1.29 is 19.1 Å². The molecule has 0 aliphatic rings. The van der Waals surface area contributed by atoms with Gasteiger partial charge in [-0.2, -0.15) is 0 Å². The maximum Gasteiger partial charge on any atom is 0.239 e. The highest BCUT2D eigenvalue weighted by Crippen LogP contribution is 2.27. The molecule has 1 N–H and O–H groups in total. The summed E-state index contributed by atoms with van der Waals surface area (Å²) in [7, 11) is 3.17. The minimum Gasteiger partial charge on any atom is -0.493 e. The van der Waals surface area contributed by atoms with Crippen molar-refractivity contribution in [2.24, 2.45) is 0 Å². The number of carbonyl (C=O) groups is 2. The van der Waals surface area contributed by atoms with Crippen molar-refractivity contribution in [1.29, 1.82) is 0 Å². The smallest absolute Gasteiger partial charge is 0.239 e. The van der Waals surface area contributed by atoms with E-state index in [0.29, 0.717) is 31.0 Å². The number of amides is 2. The first-order valence-corrected chi connectivity index (χ1v) is 9.21. The van der Waals surface area contributed by atoms with Crippen LogP contribution in [0.2, 0.25) is 0 Å². The van der Waals surface area contributed by atoms with Crippen LogP contribution in [0.15, 0.2) is 42.5 Å². The zero-order valence-corrected chi connectivity index (χ0v) is 17.0. The standard InChI is InChI=1S/C22H28N2O4/c1-16-6-5-7-19(12-16)14-23-22(26)15-24(17(2)25)11-10-18-8-9-20(27-3)21(13-18)28-4/h5-9,12-13H,10-11,14-15H2,1-4H3,(H,23,26). The molecule has 0 atom stereocenters. The first-order chi connectivity index (χ1) is 13.4. The van der Waals surface area contributed by atoms with E-state index in [1.165, 1.54) is 6.92 Å². The van der Waals surface area contributed by atoms with Gasteiger partial charge in [-0.15, -0.1) is 0 Å². The predicted octanol–water partition coefficient (Wildman–Crippen LogP) is 2.72. The van der Waals surface area contributed by atoms with Crippen LogP contribution in [-0.4, -0.2) is 44.0 Å². The van der Waals surface area contributed by atoms with Crippen molar-refractivity contribution in [1.82, 2.24) is 10.2 Å². The lowest BCUT2D eigenvalue weighted by atomic mass is 10.1. The van der Waals surface area contributed by atoms with E-state index in [0.717, 1.165) is 16.7 Å². The first kappa shape index (κ1) is 21.3. The molecule has 0 aromatic heterocycles. The highest BCUT2D eigenvalue weighted by Gasteiger charge is 2.14. The molecule has 0 aliphatic heterocycles. The van der Waals surface area contributed by atoms with Crippen molar-refractivity contribution in [3.05, 3.63) is 59.2 Å². The van der Waals surface area contributed by atoms with Crippen molar-refractivity contribution in [3.8, 4) is 11.5 Å². The second-order valence-electron chi connectivity index (χ2n) is 6.65. The SMILES string of the molecule is COc1ccc(CCN(CC(=O)NCc2cccc(C)c2)C(C)=O)cc1OC. The number of carbonyl (C=O) groups excluding carboxylic acids is 2. The van der Waals surface area contributed by atoms with E-state index in [4.69, 9.17) is 9.47 Å². The number of aryl methyl sites for hydroxylation is 1. The second kappa shape index (κ2) is 10.3. The molecule has 2 amide bonds. The monoisotopic (exact) mass is 384 g/mol. The van der Waals surface area contributed by atoms with Gasteiger partial charge in [0.1, 0.15) is 0 Å². The van der Waals surface area contributed by atoms with E-state index in [1.54, 1.807) is 19.1 Å². The Morgan fingerprint density at radius 2 is 1.75 bits per heavy atom. The van der Waals surface area contributed by atoms with Crippen LogP contribution in [0, 0.1) is 6.92 Å². The molecule has 0 unspecified atom stereocenters. The summed E-state index contributed by atoms with van der Waals surface area (Å²) in [5.41, 5.74) is 3.18. The molecule has 6 nitrogen and oxygen atoms in total. The molecule has 0 aliphatic carbocycles. The van der Waals surface area contributed by atoms with Crippen LogP contribution in [0.3, 0.4) is 0 Å². The second-order valence-corrected chi connectivity index (χ2v) is 6.65. The van der Waals surface area contributed by atoms with Crippen molar-refractivity contribution in [2.45, 2.75) is 26.8 Å². The third-order valence-electron chi connectivity index (χ3n) is 4.47. The first-order valence-electron chi connectivity index (χ1n) is 9.21. The number of nitrogens with one attached hydrogen (secondary N) is 1. The normalized spacial score (nSPS) is 10.3. The fourth-order valence-electron chi connectivity index (χ4n) is 2.90. The van der Waals surface area contributed by atoms with Gasteiger partial charge in [0.2, 0.25) is 11.8 Å². The Kier molecular flexibility index (Phi) is 7.87. The number of rotatable bonds is 9. The summed E-state index contributed by atoms with van der Waals surface area (Å²) < 4.78 is 10.5. The number of hydrogen-bond donors (Lipinski definition) is 1. The Balaban J connectivity index is 1.90. The van der Waals surface area contributed by atoms with Crippen LogP contribution in [0.25, 0.3) is 0 Å². The van der Waals surface area contributed by atoms with Crippen LogP contribution in [-0.2, 0) is 22.6 Å². The number of methoxy groups -OCH3 is 2. The summed E-state index contributed by atoms with van der Waals surface area (Å²) in [5, 5.41) is 2.87. The van der Waals surface area contributed by atoms with Gasteiger partial charge in [-0.05, 0) is 36.6 Å². The van der Waals surface area contributed by atoms with Gasteiger partial charge in [0.15, 0.2) is 11.5 Å². The lowest BCUT2D eigenvalue weighted by molar-refractivity contribution is -0.134. The van der Waals surface area contributed by atoms with Crippen LogP contribution in [0.5, 0.6) is 11.5 Å². The van der Waals surface area contributed by atoms with Crippen molar-refractivity contribution >= 4 is 11.8 Å². The minimum absolute atomic E-state index is 0.0361. The Morgan fingerprint density at radius 3 is 2.39 bits per heavy atom. The Labute approximate surface area is 166 Å². The quantitative estimate of drug-likeness (QED) is 0.722. The van der Waals surface area contributed by atoms with Gasteiger partial charge in [0.25, 0.3) is 0 Å². The molecule has 0 bridgehead atoms. The summed E-state index contributed by atoms with van der Waals surface area (Å²) in [6.07, 6.45) is 0.616. The Bertz CT molecular complexity index is 820. The van der Waals surface area contributed by atoms with Gasteiger partial charge in [0, 0.05) is 20.0 Å². The predicted molar refractivity (Wildman–Crippen MR) is 109 cm³/mol. The summed E-state index contributed by atoms with van der Waals surface area (Å²) in [6.45, 7) is 4.42. The molecule has 2 aromatic carbocycles. The Morgan fingerprint density at radius 1 is 1.00 bits per heavy atom. The fourth-order valence-corrected chi connectivity index (χ4v) is 2.90. The molecule has 28 heavy (non-hydrogen) atoms. The number of benzene rings is 2. The van der Waals surface area contributed by atoms with Gasteiger partial charge in [0.05, 0.1) is 20.8 Å². The maximum absolute atomic E-state index is 12.3. The van der Waals surface area contributed by atoms with Gasteiger partial charge < -0.3 is 19.7 Å². The van der Waals surface area contributed by atoms with Crippen LogP contribution < -0.4 is 14.8 Å². The topological polar surface area (TPSA) is 67.9 Å². The molecule has 150 valence electrons. The largest absolute Gasteiger partial charge is 0.493 e. The van der Waals surface area contributed by atoms with Gasteiger partial charge in [-0.3, -0.25) is 9.59 Å². The molecule has 2 rings (SSSR count). The molecule has 2 aromatic rings. The van der Waals surface area contributed by atoms with Crippen molar-refractivity contribution in [2.75, 3.05) is 27.3 Å². The van der Waals surface area contributed by atoms with Gasteiger partial charge in [-0.25, -0.2) is 0 Å². The summed E-state index contributed by atoms with van der Waals surface area (Å²) in [6, 6.07) is 13.6. The summed E-state index contributed by atoms with van der Waals surface area (Å²) in [4.78, 5) is 25.8. The van der Waals surface area contributed by atoms with E-state index in [2.05, 4.69) is 5.32 Å². The van der Waals surface area contributed by atoms with Crippen LogP contribution in [0.1, 0.15) is 23.6 Å². The highest BCUT2D eigenvalue weighted by atomic mass is 16.5. The molecule has 6 heteroatoms. The van der Waals surface area contributed by atoms with Gasteiger partial charge >= 0.3 is 0 Å². The highest BCUT2D eigenvalue weighted by molar-refractivity contribution is 5.83. The third-order valence-corrected chi connectivity index (χ3v) is 4.47. The lowest BCUT2D eigenvalue weighted by Gasteiger charge is -2.21. The van der Waals surface area contributed by atoms with Crippen LogP contribution >= 0.6 is 0 Å². The molecule has 0 fully saturated rings. The lowest BCUT2D eigenvalue weighted by Crippen LogP contribution is -2.40. The van der Waals surface area contributed by atoms with E-state index < -0.39 is 0 Å². The molecular weight excluding hydrogens is 356 g/mol. The Hall–Kier alpha value is -3.02. The van der Waals surface area contributed by atoms with E-state index >= 15 is 0 Å². The molecule has 0 radical (unpaired) electrons. The molecular formula is C22H28N2O4. The van der Waals surface area contributed by atoms with E-state index in [1.807, 2.05) is 49.4 Å². The number of hydrogen-bond acceptors (Lipinski definition) is 4. The average Bonchev–Trinajstić information content (AvgIpc) is 2.69. The van der Waals surface area contributed by atoms with E-state index in [-0.39, 0.29) is 18.4 Å². The van der Waals surface area contributed by atoms with Crippen LogP contribution in [0.4, 0.5) is 0 Å². The zero-order chi connectivity index (χ0) is 20.5. The fraction of sp³-hybridized carbons (Fsp3) is 0.364. The molecule has 0 saturated carbocycles. The summed E-state index contributed by atoms with van der Waals surface area (Å²) >= 11 is 0. The maximum atomic E-state index is 12.3. The molecule has 0 spiro atoms. The van der Waals surface area contributed by atoms with Crippen molar-refractivity contribution in [3.63, 3.8) is 0 Å². The zero-order valence-electron chi connectivity index (χ0n) is 17.0. The molecule has 0 saturated heterocycles. The average molecular weight is 384 g/mol. The third kappa shape index (κ3) is 6.30. The van der Waals surface area contributed by atoms with Gasteiger partial charge in [-0.1, -0.05) is 35.9 Å². The number of ether oxygens (including phenoxy) is 2. The molecule has 0 heterocycles. The minimum atomic E-state index is -0.177. The van der Waals surface area contributed by atoms with E-state index in [9.17, 15) is 9.59 Å². The summed E-state index contributed by atoms with van der Waals surface area (Å²) in [5.74, 6) is 0.991.